The van der Waals surface area contributed by atoms with Gasteiger partial charge in [0.15, 0.2) is 0 Å². The number of rotatable bonds is 4. The third-order valence-electron chi connectivity index (χ3n) is 4.44. The Kier molecular flexibility index (Phi) is 4.06. The maximum atomic E-state index is 12.6. The van der Waals surface area contributed by atoms with Crippen LogP contribution in [0.2, 0.25) is 0 Å². The topological polar surface area (TPSA) is 83.5 Å². The first-order chi connectivity index (χ1) is 10.5. The lowest BCUT2D eigenvalue weighted by Gasteiger charge is -2.24. The molecule has 0 saturated heterocycles. The fourth-order valence-electron chi connectivity index (χ4n) is 3.22. The van der Waals surface area contributed by atoms with Gasteiger partial charge in [0, 0.05) is 6.04 Å². The molecule has 0 heterocycles. The molecule has 2 aliphatic carbocycles. The van der Waals surface area contributed by atoms with Crippen molar-refractivity contribution in [2.45, 2.75) is 37.0 Å². The zero-order chi connectivity index (χ0) is 15.7. The minimum absolute atomic E-state index is 0.310. The van der Waals surface area contributed by atoms with Crippen LogP contribution in [0.5, 0.6) is 0 Å². The minimum atomic E-state index is -3.47. The average Bonchev–Trinajstić information content (AvgIpc) is 2.92. The van der Waals surface area contributed by atoms with E-state index >= 15 is 0 Å². The van der Waals surface area contributed by atoms with Gasteiger partial charge in [-0.2, -0.15) is 0 Å². The molecule has 0 spiro atoms. The fourth-order valence-corrected chi connectivity index (χ4v) is 4.81. The number of allylic oxidation sites excluding steroid dienone is 1. The van der Waals surface area contributed by atoms with E-state index in [1.54, 1.807) is 12.2 Å². The Morgan fingerprint density at radius 1 is 1.18 bits per heavy atom. The van der Waals surface area contributed by atoms with Gasteiger partial charge in [-0.25, -0.2) is 13.1 Å². The number of sulfonamides is 1. The summed E-state index contributed by atoms with van der Waals surface area (Å²) in [6.45, 7) is 0. The van der Waals surface area contributed by atoms with Crippen LogP contribution >= 0.6 is 0 Å². The average molecular weight is 321 g/mol. The minimum Gasteiger partial charge on any atom is -0.481 e. The first kappa shape index (κ1) is 15.2. The highest BCUT2D eigenvalue weighted by Crippen LogP contribution is 2.27. The molecule has 2 N–H and O–H groups in total. The van der Waals surface area contributed by atoms with E-state index in [1.165, 1.54) is 0 Å². The van der Waals surface area contributed by atoms with E-state index in [1.807, 2.05) is 24.3 Å². The molecule has 0 saturated carbocycles. The molecule has 0 bridgehead atoms. The third-order valence-corrected chi connectivity index (χ3v) is 6.29. The summed E-state index contributed by atoms with van der Waals surface area (Å²) in [4.78, 5) is 11.1. The van der Waals surface area contributed by atoms with Gasteiger partial charge in [-0.1, -0.05) is 36.4 Å². The molecule has 1 aromatic rings. The van der Waals surface area contributed by atoms with Gasteiger partial charge in [-0.15, -0.1) is 0 Å². The van der Waals surface area contributed by atoms with Crippen molar-refractivity contribution in [2.24, 2.45) is 5.92 Å². The lowest BCUT2D eigenvalue weighted by molar-refractivity contribution is -0.142. The number of carboxylic acids is 1. The summed E-state index contributed by atoms with van der Waals surface area (Å²) in [5.41, 5.74) is 2.17. The molecule has 2 aliphatic rings. The number of nitrogens with one attached hydrogen (secondary N) is 1. The molecular formula is C16H19NO4S. The number of hydrogen-bond acceptors (Lipinski definition) is 3. The molecule has 6 heteroatoms. The number of hydrogen-bond donors (Lipinski definition) is 2. The number of fused-ring (bicyclic) bond motifs is 1. The molecule has 0 aliphatic heterocycles. The van der Waals surface area contributed by atoms with Crippen LogP contribution in [0.15, 0.2) is 36.4 Å². The van der Waals surface area contributed by atoms with Crippen molar-refractivity contribution in [2.75, 3.05) is 0 Å². The molecule has 0 fully saturated rings. The van der Waals surface area contributed by atoms with Gasteiger partial charge in [0.1, 0.15) is 0 Å². The van der Waals surface area contributed by atoms with Gasteiger partial charge in [-0.3, -0.25) is 4.79 Å². The maximum absolute atomic E-state index is 12.6. The Morgan fingerprint density at radius 2 is 1.82 bits per heavy atom. The summed E-state index contributed by atoms with van der Waals surface area (Å²) in [6, 6.07) is 7.34. The highest BCUT2D eigenvalue weighted by Gasteiger charge is 2.34. The van der Waals surface area contributed by atoms with Gasteiger partial charge in [0.25, 0.3) is 0 Å². The second-order valence-corrected chi connectivity index (χ2v) is 8.00. The molecule has 2 atom stereocenters. The van der Waals surface area contributed by atoms with Crippen molar-refractivity contribution in [1.29, 1.82) is 0 Å². The normalized spacial score (nSPS) is 25.1. The van der Waals surface area contributed by atoms with Crippen LogP contribution in [0.25, 0.3) is 0 Å². The Balaban J connectivity index is 1.69. The summed E-state index contributed by atoms with van der Waals surface area (Å²) in [5.74, 6) is -1.39. The summed E-state index contributed by atoms with van der Waals surface area (Å²) in [6.07, 6.45) is 5.32. The van der Waals surface area contributed by atoms with E-state index in [-0.39, 0.29) is 0 Å². The van der Waals surface area contributed by atoms with Crippen molar-refractivity contribution in [1.82, 2.24) is 4.72 Å². The smallest absolute Gasteiger partial charge is 0.306 e. The fraction of sp³-hybridized carbons (Fsp3) is 0.438. The second-order valence-electron chi connectivity index (χ2n) is 6.00. The highest BCUT2D eigenvalue weighted by molar-refractivity contribution is 7.90. The van der Waals surface area contributed by atoms with Gasteiger partial charge in [0.2, 0.25) is 10.0 Å². The SMILES string of the molecule is O=C(O)[C@@H]1CC=C[C@@H](NS(=O)(=O)C2Cc3ccccc3C2)C1. The number of benzene rings is 1. The predicted octanol–water partition coefficient (Wildman–Crippen LogP) is 1.49. The zero-order valence-corrected chi connectivity index (χ0v) is 12.9. The van der Waals surface area contributed by atoms with Crippen LogP contribution in [0, 0.1) is 5.92 Å². The Hall–Kier alpha value is -1.66. The van der Waals surface area contributed by atoms with E-state index in [0.29, 0.717) is 25.7 Å². The number of carboxylic acid groups (broad SMARTS) is 1. The monoisotopic (exact) mass is 321 g/mol. The van der Waals surface area contributed by atoms with E-state index in [9.17, 15) is 13.2 Å². The second kappa shape index (κ2) is 5.85. The molecule has 3 rings (SSSR count). The van der Waals surface area contributed by atoms with E-state index in [2.05, 4.69) is 4.72 Å². The first-order valence-electron chi connectivity index (χ1n) is 7.43. The third kappa shape index (κ3) is 3.08. The lowest BCUT2D eigenvalue weighted by Crippen LogP contribution is -2.42. The Bertz CT molecular complexity index is 686. The number of carbonyl (C=O) groups is 1. The molecule has 5 nitrogen and oxygen atoms in total. The van der Waals surface area contributed by atoms with E-state index in [4.69, 9.17) is 5.11 Å². The lowest BCUT2D eigenvalue weighted by atomic mass is 9.92. The summed E-state index contributed by atoms with van der Waals surface area (Å²) < 4.78 is 27.8. The molecule has 0 amide bonds. The van der Waals surface area contributed by atoms with Crippen LogP contribution in [0.4, 0.5) is 0 Å². The van der Waals surface area contributed by atoms with Crippen LogP contribution in [0.3, 0.4) is 0 Å². The molecule has 118 valence electrons. The highest BCUT2D eigenvalue weighted by atomic mass is 32.2. The molecule has 0 unspecified atom stereocenters. The molecular weight excluding hydrogens is 302 g/mol. The standard InChI is InChI=1S/C16H19NO4S/c18-16(19)13-6-3-7-14(8-13)17-22(20,21)15-9-11-4-1-2-5-12(11)10-15/h1-5,7,13-15,17H,6,8-10H2,(H,18,19)/t13-,14-/m1/s1. The zero-order valence-electron chi connectivity index (χ0n) is 12.1. The van der Waals surface area contributed by atoms with Crippen molar-refractivity contribution in [3.63, 3.8) is 0 Å². The van der Waals surface area contributed by atoms with Crippen molar-refractivity contribution < 1.29 is 18.3 Å². The van der Waals surface area contributed by atoms with E-state index in [0.717, 1.165) is 11.1 Å². The summed E-state index contributed by atoms with van der Waals surface area (Å²) in [7, 11) is -3.47. The quantitative estimate of drug-likeness (QED) is 0.823. The maximum Gasteiger partial charge on any atom is 0.306 e. The summed E-state index contributed by atoms with van der Waals surface area (Å²) in [5, 5.41) is 8.60. The van der Waals surface area contributed by atoms with Gasteiger partial charge in [-0.05, 0) is 36.8 Å². The van der Waals surface area contributed by atoms with Crippen LogP contribution in [0.1, 0.15) is 24.0 Å². The van der Waals surface area contributed by atoms with Gasteiger partial charge >= 0.3 is 5.97 Å². The van der Waals surface area contributed by atoms with Gasteiger partial charge in [0.05, 0.1) is 11.2 Å². The van der Waals surface area contributed by atoms with Crippen molar-refractivity contribution >= 4 is 16.0 Å². The Morgan fingerprint density at radius 3 is 2.41 bits per heavy atom. The molecule has 0 aromatic heterocycles. The van der Waals surface area contributed by atoms with Crippen LogP contribution in [-0.2, 0) is 27.7 Å². The van der Waals surface area contributed by atoms with Crippen LogP contribution in [-0.4, -0.2) is 30.8 Å². The predicted molar refractivity (Wildman–Crippen MR) is 83.0 cm³/mol. The summed E-state index contributed by atoms with van der Waals surface area (Å²) >= 11 is 0. The molecule has 0 radical (unpaired) electrons. The Labute approximate surface area is 130 Å². The largest absolute Gasteiger partial charge is 0.481 e. The first-order valence-corrected chi connectivity index (χ1v) is 8.98. The van der Waals surface area contributed by atoms with Crippen molar-refractivity contribution in [3.05, 3.63) is 47.5 Å². The number of aliphatic carboxylic acids is 1. The van der Waals surface area contributed by atoms with Crippen LogP contribution < -0.4 is 4.72 Å². The molecule has 22 heavy (non-hydrogen) atoms. The van der Waals surface area contributed by atoms with Gasteiger partial charge < -0.3 is 5.11 Å². The van der Waals surface area contributed by atoms with E-state index < -0.39 is 33.2 Å². The van der Waals surface area contributed by atoms with Crippen molar-refractivity contribution in [3.8, 4) is 0 Å². The molecule has 1 aromatic carbocycles.